The van der Waals surface area contributed by atoms with Crippen LogP contribution in [0.25, 0.3) is 10.9 Å². The molecular formula is C26H27IN4O2. The summed E-state index contributed by atoms with van der Waals surface area (Å²) in [7, 11) is 0. The molecule has 2 aromatic heterocycles. The van der Waals surface area contributed by atoms with E-state index < -0.39 is 0 Å². The molecule has 0 spiro atoms. The van der Waals surface area contributed by atoms with Crippen LogP contribution in [0.5, 0.6) is 0 Å². The molecule has 1 saturated carbocycles. The summed E-state index contributed by atoms with van der Waals surface area (Å²) in [4.78, 5) is 23.1. The third-order valence-corrected chi connectivity index (χ3v) is 7.61. The number of hydrogen-bond donors (Lipinski definition) is 1. The zero-order valence-electron chi connectivity index (χ0n) is 18.9. The van der Waals surface area contributed by atoms with Crippen molar-refractivity contribution in [2.75, 3.05) is 6.54 Å². The molecule has 0 saturated heterocycles. The summed E-state index contributed by atoms with van der Waals surface area (Å²) >= 11 is 2.35. The molecule has 170 valence electrons. The lowest BCUT2D eigenvalue weighted by Gasteiger charge is -2.42. The molecule has 0 radical (unpaired) electrons. The highest BCUT2D eigenvalue weighted by molar-refractivity contribution is 14.1. The van der Waals surface area contributed by atoms with E-state index >= 15 is 0 Å². The van der Waals surface area contributed by atoms with Crippen LogP contribution >= 0.6 is 22.6 Å². The highest BCUT2D eigenvalue weighted by atomic mass is 127. The molecule has 1 aliphatic rings. The van der Waals surface area contributed by atoms with Gasteiger partial charge in [0.1, 0.15) is 6.54 Å². The maximum absolute atomic E-state index is 13.5. The highest BCUT2D eigenvalue weighted by Crippen LogP contribution is 2.51. The van der Waals surface area contributed by atoms with Gasteiger partial charge in [0.15, 0.2) is 5.82 Å². The first-order chi connectivity index (χ1) is 16.1. The Kier molecular flexibility index (Phi) is 5.99. The molecule has 1 aliphatic carbocycles. The van der Waals surface area contributed by atoms with Gasteiger partial charge in [-0.05, 0) is 71.7 Å². The number of aromatic amines is 1. The number of halogens is 1. The molecule has 1 fully saturated rings. The second-order valence-electron chi connectivity index (χ2n) is 8.65. The zero-order valence-corrected chi connectivity index (χ0v) is 21.1. The van der Waals surface area contributed by atoms with Gasteiger partial charge in [-0.15, -0.1) is 0 Å². The summed E-state index contributed by atoms with van der Waals surface area (Å²) in [6.07, 6.45) is 6.27. The van der Waals surface area contributed by atoms with E-state index in [0.29, 0.717) is 36.8 Å². The normalized spacial score (nSPS) is 14.9. The maximum Gasteiger partial charge on any atom is 0.256 e. The largest absolute Gasteiger partial charge is 0.360 e. The molecule has 2 aromatic carbocycles. The third-order valence-electron chi connectivity index (χ3n) is 6.89. The number of amides is 1. The zero-order chi connectivity index (χ0) is 23.0. The fourth-order valence-corrected chi connectivity index (χ4v) is 5.26. The minimum absolute atomic E-state index is 0.00894. The van der Waals surface area contributed by atoms with Gasteiger partial charge in [0.25, 0.3) is 5.91 Å². The number of carbonyl (C=O) groups excluding carboxylic acids is 1. The second kappa shape index (κ2) is 8.93. The second-order valence-corrected chi connectivity index (χ2v) is 9.90. The Bertz CT molecular complexity index is 1290. The Morgan fingerprint density at radius 1 is 1.18 bits per heavy atom. The quantitative estimate of drug-likeness (QED) is 0.291. The maximum atomic E-state index is 13.5. The van der Waals surface area contributed by atoms with Gasteiger partial charge in [0.2, 0.25) is 5.89 Å². The third kappa shape index (κ3) is 3.86. The van der Waals surface area contributed by atoms with Gasteiger partial charge in [0, 0.05) is 33.5 Å². The summed E-state index contributed by atoms with van der Waals surface area (Å²) < 4.78 is 6.57. The highest BCUT2D eigenvalue weighted by Gasteiger charge is 2.42. The van der Waals surface area contributed by atoms with Gasteiger partial charge in [-0.3, -0.25) is 4.79 Å². The molecule has 0 bridgehead atoms. The van der Waals surface area contributed by atoms with Gasteiger partial charge in [-0.25, -0.2) is 0 Å². The van der Waals surface area contributed by atoms with E-state index in [-0.39, 0.29) is 11.3 Å². The van der Waals surface area contributed by atoms with Crippen molar-refractivity contribution in [1.82, 2.24) is 20.0 Å². The summed E-state index contributed by atoms with van der Waals surface area (Å²) in [6, 6.07) is 14.9. The SMILES string of the molecule is CCc1noc(CN(CC)C(=O)c2cccc3c(C4(c5ccc(I)cc5)CCC4)c[nH]c23)n1. The number of fused-ring (bicyclic) bond motifs is 1. The van der Waals surface area contributed by atoms with Crippen molar-refractivity contribution in [3.05, 3.63) is 80.6 Å². The van der Waals surface area contributed by atoms with Crippen molar-refractivity contribution >= 4 is 39.4 Å². The predicted molar refractivity (Wildman–Crippen MR) is 136 cm³/mol. The minimum atomic E-state index is -0.0373. The van der Waals surface area contributed by atoms with Crippen LogP contribution in [0.15, 0.2) is 53.2 Å². The molecule has 0 atom stereocenters. The van der Waals surface area contributed by atoms with Gasteiger partial charge in [-0.1, -0.05) is 42.8 Å². The number of nitrogens with zero attached hydrogens (tertiary/aromatic N) is 3. The van der Waals surface area contributed by atoms with Gasteiger partial charge in [-0.2, -0.15) is 4.98 Å². The average molecular weight is 554 g/mol. The molecule has 33 heavy (non-hydrogen) atoms. The Balaban J connectivity index is 1.50. The smallest absolute Gasteiger partial charge is 0.256 e. The van der Waals surface area contributed by atoms with Crippen LogP contribution in [0.3, 0.4) is 0 Å². The van der Waals surface area contributed by atoms with E-state index in [1.807, 2.05) is 26.0 Å². The van der Waals surface area contributed by atoms with Crippen molar-refractivity contribution in [3.63, 3.8) is 0 Å². The number of rotatable bonds is 7. The number of benzene rings is 2. The fourth-order valence-electron chi connectivity index (χ4n) is 4.90. The standard InChI is InChI=1S/C26H27IN4O2/c1-3-22-29-23(33-30-22)16-31(4-2)25(32)20-8-5-7-19-21(15-28-24(19)20)26(13-6-14-26)17-9-11-18(27)12-10-17/h5,7-12,15,28H,3-4,6,13-14,16H2,1-2H3. The molecule has 5 rings (SSSR count). The number of aromatic nitrogens is 3. The van der Waals surface area contributed by atoms with Crippen LogP contribution < -0.4 is 0 Å². The monoisotopic (exact) mass is 554 g/mol. The van der Waals surface area contributed by atoms with Crippen molar-refractivity contribution in [2.45, 2.75) is 51.5 Å². The number of carbonyl (C=O) groups is 1. The van der Waals surface area contributed by atoms with Crippen molar-refractivity contribution < 1.29 is 9.32 Å². The lowest BCUT2D eigenvalue weighted by atomic mass is 9.60. The fraction of sp³-hybridized carbons (Fsp3) is 0.346. The van der Waals surface area contributed by atoms with Gasteiger partial charge < -0.3 is 14.4 Å². The first-order valence-electron chi connectivity index (χ1n) is 11.5. The van der Waals surface area contributed by atoms with Crippen LogP contribution in [-0.4, -0.2) is 32.5 Å². The van der Waals surface area contributed by atoms with Crippen LogP contribution in [0.4, 0.5) is 0 Å². The number of H-pyrrole nitrogens is 1. The Morgan fingerprint density at radius 3 is 2.61 bits per heavy atom. The molecule has 0 unspecified atom stereocenters. The Hall–Kier alpha value is -2.68. The molecular weight excluding hydrogens is 527 g/mol. The molecule has 0 aliphatic heterocycles. The van der Waals surface area contributed by atoms with Crippen LogP contribution in [0.1, 0.15) is 66.3 Å². The first kappa shape index (κ1) is 22.1. The predicted octanol–water partition coefficient (Wildman–Crippen LogP) is 5.85. The van der Waals surface area contributed by atoms with E-state index in [0.717, 1.165) is 23.7 Å². The molecule has 6 nitrogen and oxygen atoms in total. The lowest BCUT2D eigenvalue weighted by molar-refractivity contribution is 0.0736. The van der Waals surface area contributed by atoms with Crippen molar-refractivity contribution in [3.8, 4) is 0 Å². The molecule has 2 heterocycles. The number of hydrogen-bond acceptors (Lipinski definition) is 4. The van der Waals surface area contributed by atoms with Crippen molar-refractivity contribution in [1.29, 1.82) is 0 Å². The van der Waals surface area contributed by atoms with E-state index in [2.05, 4.69) is 74.2 Å². The van der Waals surface area contributed by atoms with Crippen LogP contribution in [0, 0.1) is 3.57 Å². The number of nitrogens with one attached hydrogen (secondary N) is 1. The Morgan fingerprint density at radius 2 is 1.97 bits per heavy atom. The van der Waals surface area contributed by atoms with E-state index in [1.54, 1.807) is 4.90 Å². The van der Waals surface area contributed by atoms with E-state index in [1.165, 1.54) is 21.1 Å². The summed E-state index contributed by atoms with van der Waals surface area (Å²) in [6.45, 7) is 4.81. The average Bonchev–Trinajstić information content (AvgIpc) is 3.45. The minimum Gasteiger partial charge on any atom is -0.360 e. The Labute approximate surface area is 206 Å². The molecule has 4 aromatic rings. The molecule has 1 N–H and O–H groups in total. The summed E-state index contributed by atoms with van der Waals surface area (Å²) in [5.41, 5.74) is 4.22. The van der Waals surface area contributed by atoms with Crippen LogP contribution in [-0.2, 0) is 18.4 Å². The lowest BCUT2D eigenvalue weighted by Crippen LogP contribution is -2.35. The molecule has 1 amide bonds. The number of para-hydroxylation sites is 1. The van der Waals surface area contributed by atoms with Crippen LogP contribution in [0.2, 0.25) is 0 Å². The van der Waals surface area contributed by atoms with Gasteiger partial charge >= 0.3 is 0 Å². The molecule has 7 heteroatoms. The van der Waals surface area contributed by atoms with E-state index in [9.17, 15) is 4.79 Å². The van der Waals surface area contributed by atoms with Gasteiger partial charge in [0.05, 0.1) is 11.1 Å². The van der Waals surface area contributed by atoms with Crippen molar-refractivity contribution in [2.24, 2.45) is 0 Å². The first-order valence-corrected chi connectivity index (χ1v) is 12.6. The number of aryl methyl sites for hydroxylation is 1. The topological polar surface area (TPSA) is 75.0 Å². The van der Waals surface area contributed by atoms with E-state index in [4.69, 9.17) is 4.52 Å². The summed E-state index contributed by atoms with van der Waals surface area (Å²) in [5, 5.41) is 5.08. The summed E-state index contributed by atoms with van der Waals surface area (Å²) in [5.74, 6) is 1.09.